The zero-order chi connectivity index (χ0) is 16.5. The molecular weight excluding hydrogens is 274 g/mol. The summed E-state index contributed by atoms with van der Waals surface area (Å²) in [5.74, 6) is 0.0885. The van der Waals surface area contributed by atoms with E-state index in [2.05, 4.69) is 25.3 Å². The third kappa shape index (κ3) is 5.68. The average Bonchev–Trinajstić information content (AvgIpc) is 2.54. The Labute approximate surface area is 133 Å². The molecule has 0 N–H and O–H groups in total. The van der Waals surface area contributed by atoms with Crippen molar-refractivity contribution >= 4 is 11.7 Å². The summed E-state index contributed by atoms with van der Waals surface area (Å²) in [5, 5.41) is 0. The molecule has 1 amide bonds. The Morgan fingerprint density at radius 2 is 1.73 bits per heavy atom. The monoisotopic (exact) mass is 299 g/mol. The van der Waals surface area contributed by atoms with Crippen molar-refractivity contribution in [1.82, 2.24) is 4.90 Å². The van der Waals surface area contributed by atoms with Crippen LogP contribution in [0.5, 0.6) is 0 Å². The van der Waals surface area contributed by atoms with Gasteiger partial charge in [0.2, 0.25) is 5.91 Å². The third-order valence-corrected chi connectivity index (χ3v) is 3.78. The zero-order valence-electron chi connectivity index (χ0n) is 13.5. The van der Waals surface area contributed by atoms with Crippen LogP contribution in [0.25, 0.3) is 0 Å². The molecule has 0 saturated carbocycles. The zero-order valence-corrected chi connectivity index (χ0v) is 13.5. The van der Waals surface area contributed by atoms with Gasteiger partial charge < -0.3 is 4.90 Å². The number of amides is 1. The number of rotatable bonds is 9. The van der Waals surface area contributed by atoms with Gasteiger partial charge >= 0.3 is 0 Å². The fourth-order valence-electron chi connectivity index (χ4n) is 2.27. The van der Waals surface area contributed by atoms with Gasteiger partial charge in [0.05, 0.1) is 0 Å². The topological polar surface area (TPSA) is 37.4 Å². The van der Waals surface area contributed by atoms with Crippen LogP contribution in [-0.2, 0) is 22.6 Å². The summed E-state index contributed by atoms with van der Waals surface area (Å²) >= 11 is 0. The lowest BCUT2D eigenvalue weighted by molar-refractivity contribution is -0.125. The second kappa shape index (κ2) is 8.98. The fourth-order valence-corrected chi connectivity index (χ4v) is 2.27. The van der Waals surface area contributed by atoms with Crippen LogP contribution >= 0.6 is 0 Å². The molecule has 0 fully saturated rings. The molecule has 0 aliphatic rings. The number of carbonyl (C=O) groups excluding carboxylic acids is 2. The van der Waals surface area contributed by atoms with Crippen molar-refractivity contribution in [2.75, 3.05) is 7.05 Å². The molecule has 22 heavy (non-hydrogen) atoms. The first kappa shape index (κ1) is 17.9. The molecule has 0 radical (unpaired) electrons. The molecule has 118 valence electrons. The van der Waals surface area contributed by atoms with Crippen molar-refractivity contribution in [2.24, 2.45) is 5.92 Å². The van der Waals surface area contributed by atoms with Gasteiger partial charge in [-0.2, -0.15) is 0 Å². The molecule has 0 saturated heterocycles. The van der Waals surface area contributed by atoms with Gasteiger partial charge in [0.1, 0.15) is 0 Å². The molecule has 0 heterocycles. The lowest BCUT2D eigenvalue weighted by Gasteiger charge is -2.15. The van der Waals surface area contributed by atoms with E-state index in [-0.39, 0.29) is 17.6 Å². The smallest absolute Gasteiger partial charge is 0.245 e. The summed E-state index contributed by atoms with van der Waals surface area (Å²) in [5.41, 5.74) is 2.34. The number of ketones is 1. The highest BCUT2D eigenvalue weighted by Crippen LogP contribution is 2.13. The fraction of sp³-hybridized carbons (Fsp3) is 0.368. The Bertz CT molecular complexity index is 531. The lowest BCUT2D eigenvalue weighted by atomic mass is 9.97. The Kier molecular flexibility index (Phi) is 7.30. The van der Waals surface area contributed by atoms with Gasteiger partial charge in [-0.25, -0.2) is 0 Å². The van der Waals surface area contributed by atoms with E-state index in [1.165, 1.54) is 17.7 Å². The van der Waals surface area contributed by atoms with E-state index < -0.39 is 0 Å². The van der Waals surface area contributed by atoms with Crippen LogP contribution in [0.4, 0.5) is 0 Å². The maximum absolute atomic E-state index is 11.4. The first-order chi connectivity index (χ1) is 10.5. The first-order valence-corrected chi connectivity index (χ1v) is 7.59. The van der Waals surface area contributed by atoms with Gasteiger partial charge in [-0.15, -0.1) is 0 Å². The Morgan fingerprint density at radius 3 is 2.27 bits per heavy atom. The summed E-state index contributed by atoms with van der Waals surface area (Å²) in [6.07, 6.45) is 5.54. The summed E-state index contributed by atoms with van der Waals surface area (Å²) in [6, 6.07) is 8.25. The van der Waals surface area contributed by atoms with Crippen molar-refractivity contribution < 1.29 is 9.59 Å². The maximum atomic E-state index is 11.4. The average molecular weight is 299 g/mol. The van der Waals surface area contributed by atoms with Crippen LogP contribution in [0.1, 0.15) is 30.9 Å². The number of aryl methyl sites for hydroxylation is 1. The first-order valence-electron chi connectivity index (χ1n) is 7.59. The molecule has 0 aliphatic carbocycles. The van der Waals surface area contributed by atoms with Gasteiger partial charge in [-0.05, 0) is 42.5 Å². The number of allylic oxidation sites excluding steroid dienone is 1. The van der Waals surface area contributed by atoms with Gasteiger partial charge in [-0.1, -0.05) is 44.3 Å². The SMILES string of the molecule is C=CC(=O)C(C)CCCc1ccc(CN(C)C(=O)C=C)cc1. The minimum Gasteiger partial charge on any atom is -0.338 e. The molecule has 3 heteroatoms. The van der Waals surface area contributed by atoms with Crippen molar-refractivity contribution in [3.8, 4) is 0 Å². The van der Waals surface area contributed by atoms with Crippen molar-refractivity contribution in [2.45, 2.75) is 32.7 Å². The second-order valence-electron chi connectivity index (χ2n) is 5.61. The molecule has 1 atom stereocenters. The number of hydrogen-bond donors (Lipinski definition) is 0. The molecule has 1 aromatic carbocycles. The predicted octanol–water partition coefficient (Wildman–Crippen LogP) is 3.54. The molecule has 1 unspecified atom stereocenters. The van der Waals surface area contributed by atoms with Gasteiger partial charge in [0.15, 0.2) is 5.78 Å². The quantitative estimate of drug-likeness (QED) is 0.654. The van der Waals surface area contributed by atoms with Crippen LogP contribution in [-0.4, -0.2) is 23.6 Å². The van der Waals surface area contributed by atoms with Gasteiger partial charge in [0, 0.05) is 19.5 Å². The van der Waals surface area contributed by atoms with Crippen molar-refractivity contribution in [3.05, 3.63) is 60.7 Å². The summed E-state index contributed by atoms with van der Waals surface area (Å²) in [6.45, 7) is 9.52. The third-order valence-electron chi connectivity index (χ3n) is 3.78. The highest BCUT2D eigenvalue weighted by atomic mass is 16.2. The Morgan fingerprint density at radius 1 is 1.14 bits per heavy atom. The molecule has 0 spiro atoms. The molecule has 3 nitrogen and oxygen atoms in total. The van der Waals surface area contributed by atoms with Crippen molar-refractivity contribution in [3.63, 3.8) is 0 Å². The van der Waals surface area contributed by atoms with E-state index in [4.69, 9.17) is 0 Å². The van der Waals surface area contributed by atoms with E-state index >= 15 is 0 Å². The molecule has 1 aromatic rings. The van der Waals surface area contributed by atoms with Gasteiger partial charge in [0.25, 0.3) is 0 Å². The van der Waals surface area contributed by atoms with E-state index in [9.17, 15) is 9.59 Å². The largest absolute Gasteiger partial charge is 0.338 e. The Hall–Kier alpha value is -2.16. The summed E-state index contributed by atoms with van der Waals surface area (Å²) in [4.78, 5) is 24.5. The number of likely N-dealkylation sites (N-methyl/N-ethyl adjacent to an activating group) is 1. The molecule has 0 aliphatic heterocycles. The molecule has 1 rings (SSSR count). The van der Waals surface area contributed by atoms with E-state index in [0.717, 1.165) is 24.8 Å². The van der Waals surface area contributed by atoms with Crippen LogP contribution < -0.4 is 0 Å². The maximum Gasteiger partial charge on any atom is 0.245 e. The predicted molar refractivity (Wildman–Crippen MR) is 90.4 cm³/mol. The van der Waals surface area contributed by atoms with E-state index in [1.54, 1.807) is 11.9 Å². The minimum atomic E-state index is -0.0788. The van der Waals surface area contributed by atoms with E-state index in [0.29, 0.717) is 6.54 Å². The standard InChI is InChI=1S/C19H25NO2/c1-5-18(21)15(3)8-7-9-16-10-12-17(13-11-16)14-20(4)19(22)6-2/h5-6,10-13,15H,1-2,7-9,14H2,3-4H3. The van der Waals surface area contributed by atoms with Crippen LogP contribution in [0.2, 0.25) is 0 Å². The van der Waals surface area contributed by atoms with Crippen LogP contribution in [0.15, 0.2) is 49.6 Å². The summed E-state index contributed by atoms with van der Waals surface area (Å²) in [7, 11) is 1.76. The number of benzene rings is 1. The molecule has 0 bridgehead atoms. The number of carbonyl (C=O) groups is 2. The second-order valence-corrected chi connectivity index (χ2v) is 5.61. The Balaban J connectivity index is 2.45. The van der Waals surface area contributed by atoms with Crippen molar-refractivity contribution in [1.29, 1.82) is 0 Å². The highest BCUT2D eigenvalue weighted by molar-refractivity contribution is 5.90. The molecule has 0 aromatic heterocycles. The normalized spacial score (nSPS) is 11.5. The van der Waals surface area contributed by atoms with Gasteiger partial charge in [-0.3, -0.25) is 9.59 Å². The summed E-state index contributed by atoms with van der Waals surface area (Å²) < 4.78 is 0. The van der Waals surface area contributed by atoms with Crippen LogP contribution in [0, 0.1) is 5.92 Å². The minimum absolute atomic E-state index is 0.0512. The van der Waals surface area contributed by atoms with Crippen LogP contribution in [0.3, 0.4) is 0 Å². The van der Waals surface area contributed by atoms with E-state index in [1.807, 2.05) is 19.1 Å². The number of nitrogens with zero attached hydrogens (tertiary/aromatic N) is 1. The lowest BCUT2D eigenvalue weighted by Crippen LogP contribution is -2.23. The molecular formula is C19H25NO2. The number of hydrogen-bond acceptors (Lipinski definition) is 2. The highest BCUT2D eigenvalue weighted by Gasteiger charge is 2.09.